The molecule has 2 aromatic carbocycles. The van der Waals surface area contributed by atoms with Crippen molar-refractivity contribution < 1.29 is 14.0 Å². The molecular weight excluding hydrogens is 342 g/mol. The maximum atomic E-state index is 13.0. The number of carbonyl (C=O) groups excluding carboxylic acids is 2. The first-order chi connectivity index (χ1) is 10.9. The summed E-state index contributed by atoms with van der Waals surface area (Å²) < 4.78 is 13.0. The lowest BCUT2D eigenvalue weighted by molar-refractivity contribution is -0.123. The van der Waals surface area contributed by atoms with Gasteiger partial charge in [-0.05, 0) is 35.9 Å². The summed E-state index contributed by atoms with van der Waals surface area (Å²) in [5, 5.41) is 5.78. The summed E-state index contributed by atoms with van der Waals surface area (Å²) in [4.78, 5) is 23.5. The zero-order valence-electron chi connectivity index (χ0n) is 11.9. The summed E-state index contributed by atoms with van der Waals surface area (Å²) >= 11 is 11.7. The fourth-order valence-corrected chi connectivity index (χ4v) is 2.31. The van der Waals surface area contributed by atoms with E-state index in [1.54, 1.807) is 18.2 Å². The van der Waals surface area contributed by atoms with Crippen LogP contribution in [0.25, 0.3) is 0 Å². The molecule has 0 aliphatic carbocycles. The Morgan fingerprint density at radius 3 is 2.52 bits per heavy atom. The van der Waals surface area contributed by atoms with Gasteiger partial charge in [-0.15, -0.1) is 0 Å². The third-order valence-corrected chi connectivity index (χ3v) is 3.45. The van der Waals surface area contributed by atoms with E-state index in [9.17, 15) is 14.0 Å². The molecule has 0 radical (unpaired) electrons. The van der Waals surface area contributed by atoms with E-state index in [0.717, 1.165) is 0 Å². The summed E-state index contributed by atoms with van der Waals surface area (Å²) in [6.45, 7) is -0.215. The van der Waals surface area contributed by atoms with Crippen molar-refractivity contribution in [2.75, 3.05) is 11.9 Å². The van der Waals surface area contributed by atoms with Gasteiger partial charge in [-0.25, -0.2) is 4.39 Å². The zero-order valence-corrected chi connectivity index (χ0v) is 13.4. The maximum Gasteiger partial charge on any atom is 0.243 e. The molecule has 0 spiro atoms. The van der Waals surface area contributed by atoms with Crippen LogP contribution in [0.4, 0.5) is 10.1 Å². The van der Waals surface area contributed by atoms with Crippen LogP contribution < -0.4 is 10.6 Å². The fourth-order valence-electron chi connectivity index (χ4n) is 1.86. The van der Waals surface area contributed by atoms with Crippen molar-refractivity contribution in [2.45, 2.75) is 6.42 Å². The molecule has 7 heteroatoms. The van der Waals surface area contributed by atoms with Crippen molar-refractivity contribution in [3.05, 3.63) is 63.9 Å². The molecule has 120 valence electrons. The van der Waals surface area contributed by atoms with Crippen LogP contribution in [-0.4, -0.2) is 18.4 Å². The van der Waals surface area contributed by atoms with Gasteiger partial charge in [0.15, 0.2) is 0 Å². The predicted octanol–water partition coefficient (Wildman–Crippen LogP) is 3.43. The van der Waals surface area contributed by atoms with E-state index in [2.05, 4.69) is 10.6 Å². The molecule has 2 aromatic rings. The van der Waals surface area contributed by atoms with Gasteiger partial charge in [0.25, 0.3) is 0 Å². The minimum absolute atomic E-state index is 0.00720. The molecule has 0 aliphatic rings. The Morgan fingerprint density at radius 1 is 1.04 bits per heavy atom. The standard InChI is InChI=1S/C16H13Cl2FN2O2/c17-11-4-5-14(13(18)8-11)21-16(23)9-20-15(22)7-10-2-1-3-12(19)6-10/h1-6,8H,7,9H2,(H,20,22)(H,21,23). The summed E-state index contributed by atoms with van der Waals surface area (Å²) in [7, 11) is 0. The van der Waals surface area contributed by atoms with E-state index in [1.165, 1.54) is 24.3 Å². The Hall–Kier alpha value is -2.11. The Morgan fingerprint density at radius 2 is 1.83 bits per heavy atom. The molecule has 2 rings (SSSR count). The van der Waals surface area contributed by atoms with Crippen LogP contribution in [0.3, 0.4) is 0 Å². The van der Waals surface area contributed by atoms with Crippen molar-refractivity contribution in [3.8, 4) is 0 Å². The van der Waals surface area contributed by atoms with Crippen LogP contribution >= 0.6 is 23.2 Å². The SMILES string of the molecule is O=C(Cc1cccc(F)c1)NCC(=O)Nc1ccc(Cl)cc1Cl. The van der Waals surface area contributed by atoms with Crippen molar-refractivity contribution in [1.82, 2.24) is 5.32 Å². The first-order valence-corrected chi connectivity index (χ1v) is 7.45. The molecule has 0 aliphatic heterocycles. The van der Waals surface area contributed by atoms with Gasteiger partial charge in [0.2, 0.25) is 11.8 Å². The van der Waals surface area contributed by atoms with E-state index in [0.29, 0.717) is 21.3 Å². The lowest BCUT2D eigenvalue weighted by Gasteiger charge is -2.09. The molecule has 0 atom stereocenters. The second kappa shape index (κ2) is 7.94. The molecule has 0 unspecified atom stereocenters. The van der Waals surface area contributed by atoms with Crippen LogP contribution in [0, 0.1) is 5.82 Å². The van der Waals surface area contributed by atoms with Gasteiger partial charge in [0.1, 0.15) is 5.82 Å². The second-order valence-electron chi connectivity index (χ2n) is 4.76. The molecule has 0 fully saturated rings. The van der Waals surface area contributed by atoms with E-state index in [-0.39, 0.29) is 18.9 Å². The van der Waals surface area contributed by atoms with Gasteiger partial charge in [-0.3, -0.25) is 9.59 Å². The number of carbonyl (C=O) groups is 2. The third kappa shape index (κ3) is 5.54. The van der Waals surface area contributed by atoms with Crippen LogP contribution in [0.5, 0.6) is 0 Å². The molecule has 0 bridgehead atoms. The third-order valence-electron chi connectivity index (χ3n) is 2.91. The number of amides is 2. The molecule has 0 heterocycles. The molecule has 23 heavy (non-hydrogen) atoms. The maximum absolute atomic E-state index is 13.0. The molecule has 2 amide bonds. The highest BCUT2D eigenvalue weighted by Crippen LogP contribution is 2.25. The highest BCUT2D eigenvalue weighted by atomic mass is 35.5. The number of nitrogens with one attached hydrogen (secondary N) is 2. The predicted molar refractivity (Wildman–Crippen MR) is 88.2 cm³/mol. The van der Waals surface area contributed by atoms with Gasteiger partial charge in [-0.2, -0.15) is 0 Å². The van der Waals surface area contributed by atoms with Gasteiger partial charge in [-0.1, -0.05) is 35.3 Å². The van der Waals surface area contributed by atoms with Crippen molar-refractivity contribution >= 4 is 40.7 Å². The molecule has 0 saturated heterocycles. The first-order valence-electron chi connectivity index (χ1n) is 6.70. The highest BCUT2D eigenvalue weighted by Gasteiger charge is 2.09. The Bertz CT molecular complexity index is 738. The zero-order chi connectivity index (χ0) is 16.8. The Balaban J connectivity index is 1.83. The minimum Gasteiger partial charge on any atom is -0.347 e. The van der Waals surface area contributed by atoms with Gasteiger partial charge in [0.05, 0.1) is 23.7 Å². The first kappa shape index (κ1) is 17.2. The average Bonchev–Trinajstić information content (AvgIpc) is 2.48. The van der Waals surface area contributed by atoms with Crippen LogP contribution in [0.2, 0.25) is 10.0 Å². The Kier molecular flexibility index (Phi) is 5.96. The number of halogens is 3. The number of hydrogen-bond acceptors (Lipinski definition) is 2. The van der Waals surface area contributed by atoms with Crippen LogP contribution in [-0.2, 0) is 16.0 Å². The minimum atomic E-state index is -0.429. The van der Waals surface area contributed by atoms with Crippen LogP contribution in [0.15, 0.2) is 42.5 Å². The number of hydrogen-bond donors (Lipinski definition) is 2. The molecular formula is C16H13Cl2FN2O2. The summed E-state index contributed by atoms with van der Waals surface area (Å²) in [5.41, 5.74) is 0.934. The van der Waals surface area contributed by atoms with E-state index in [1.807, 2.05) is 0 Å². The lowest BCUT2D eigenvalue weighted by atomic mass is 10.1. The molecule has 0 aromatic heterocycles. The average molecular weight is 355 g/mol. The molecule has 2 N–H and O–H groups in total. The van der Waals surface area contributed by atoms with E-state index in [4.69, 9.17) is 23.2 Å². The van der Waals surface area contributed by atoms with Gasteiger partial charge < -0.3 is 10.6 Å². The summed E-state index contributed by atoms with van der Waals surface area (Å²) in [5.74, 6) is -1.22. The normalized spacial score (nSPS) is 10.2. The van der Waals surface area contributed by atoms with Gasteiger partial charge in [0, 0.05) is 5.02 Å². The van der Waals surface area contributed by atoms with Gasteiger partial charge >= 0.3 is 0 Å². The highest BCUT2D eigenvalue weighted by molar-refractivity contribution is 6.36. The largest absolute Gasteiger partial charge is 0.347 e. The van der Waals surface area contributed by atoms with E-state index >= 15 is 0 Å². The topological polar surface area (TPSA) is 58.2 Å². The second-order valence-corrected chi connectivity index (χ2v) is 5.60. The fraction of sp³-hybridized carbons (Fsp3) is 0.125. The van der Waals surface area contributed by atoms with Crippen molar-refractivity contribution in [2.24, 2.45) is 0 Å². The quantitative estimate of drug-likeness (QED) is 0.863. The number of anilines is 1. The van der Waals surface area contributed by atoms with Crippen molar-refractivity contribution in [3.63, 3.8) is 0 Å². The Labute approximate surface area is 142 Å². The summed E-state index contributed by atoms with van der Waals surface area (Å²) in [6.07, 6.45) is -0.00720. The molecule has 4 nitrogen and oxygen atoms in total. The number of benzene rings is 2. The molecule has 0 saturated carbocycles. The van der Waals surface area contributed by atoms with Crippen LogP contribution in [0.1, 0.15) is 5.56 Å². The monoisotopic (exact) mass is 354 g/mol. The summed E-state index contributed by atoms with van der Waals surface area (Å²) in [6, 6.07) is 10.4. The smallest absolute Gasteiger partial charge is 0.243 e. The number of rotatable bonds is 5. The lowest BCUT2D eigenvalue weighted by Crippen LogP contribution is -2.33. The van der Waals surface area contributed by atoms with E-state index < -0.39 is 11.7 Å². The van der Waals surface area contributed by atoms with Crippen molar-refractivity contribution in [1.29, 1.82) is 0 Å².